The van der Waals surface area contributed by atoms with Gasteiger partial charge in [-0.3, -0.25) is 4.79 Å². The van der Waals surface area contributed by atoms with Crippen LogP contribution in [0.3, 0.4) is 0 Å². The lowest BCUT2D eigenvalue weighted by Gasteiger charge is -2.06. The summed E-state index contributed by atoms with van der Waals surface area (Å²) in [5.74, 6) is -0.809. The van der Waals surface area contributed by atoms with Crippen LogP contribution in [0.1, 0.15) is 5.56 Å². The zero-order chi connectivity index (χ0) is 13.8. The summed E-state index contributed by atoms with van der Waals surface area (Å²) in [6.45, 7) is 0. The number of carboxylic acid groups (broad SMARTS) is 1. The first-order valence-electron chi connectivity index (χ1n) is 5.48. The van der Waals surface area contributed by atoms with Crippen LogP contribution in [-0.4, -0.2) is 11.1 Å². The maximum atomic E-state index is 10.7. The van der Waals surface area contributed by atoms with Gasteiger partial charge < -0.3 is 5.11 Å². The summed E-state index contributed by atoms with van der Waals surface area (Å²) >= 11 is 9.64. The summed E-state index contributed by atoms with van der Waals surface area (Å²) in [5.41, 5.74) is 0.841. The summed E-state index contributed by atoms with van der Waals surface area (Å²) < 4.78 is 0.971. The number of benzene rings is 2. The van der Waals surface area contributed by atoms with Crippen molar-refractivity contribution in [1.29, 1.82) is 0 Å². The molecule has 0 unspecified atom stereocenters. The maximum Gasteiger partial charge on any atom is 0.307 e. The van der Waals surface area contributed by atoms with Crippen molar-refractivity contribution < 1.29 is 9.90 Å². The van der Waals surface area contributed by atoms with Crippen molar-refractivity contribution in [3.05, 3.63) is 56.6 Å². The van der Waals surface area contributed by atoms with Crippen molar-refractivity contribution in [2.45, 2.75) is 16.2 Å². The molecule has 0 amide bonds. The van der Waals surface area contributed by atoms with Crippen molar-refractivity contribution in [2.24, 2.45) is 0 Å². The normalized spacial score (nSPS) is 10.4. The number of aliphatic carboxylic acids is 1. The number of hydrogen-bond donors (Lipinski definition) is 1. The van der Waals surface area contributed by atoms with E-state index in [0.29, 0.717) is 0 Å². The van der Waals surface area contributed by atoms with Gasteiger partial charge in [0.25, 0.3) is 0 Å². The second-order valence-corrected chi connectivity index (χ2v) is 6.63. The molecule has 2 aromatic carbocycles. The van der Waals surface area contributed by atoms with Gasteiger partial charge in [0.1, 0.15) is 0 Å². The number of carboxylic acids is 1. The van der Waals surface area contributed by atoms with Gasteiger partial charge in [0.2, 0.25) is 0 Å². The first-order chi connectivity index (χ1) is 9.04. The van der Waals surface area contributed by atoms with Gasteiger partial charge in [-0.1, -0.05) is 29.4 Å². The van der Waals surface area contributed by atoms with Crippen LogP contribution in [0.5, 0.6) is 0 Å². The predicted molar refractivity (Wildman–Crippen MR) is 86.1 cm³/mol. The van der Waals surface area contributed by atoms with E-state index in [9.17, 15) is 4.79 Å². The maximum absolute atomic E-state index is 10.7. The predicted octanol–water partition coefficient (Wildman–Crippen LogP) is 4.72. The molecule has 0 fully saturated rings. The third kappa shape index (κ3) is 4.40. The van der Waals surface area contributed by atoms with E-state index in [4.69, 9.17) is 16.7 Å². The Morgan fingerprint density at radius 3 is 2.37 bits per heavy atom. The Balaban J connectivity index is 2.15. The molecule has 0 radical (unpaired) electrons. The molecule has 5 heteroatoms. The van der Waals surface area contributed by atoms with E-state index in [1.807, 2.05) is 42.5 Å². The number of hydrogen-bond acceptors (Lipinski definition) is 2. The molecule has 2 nitrogen and oxygen atoms in total. The monoisotopic (exact) mass is 404 g/mol. The molecule has 19 heavy (non-hydrogen) atoms. The highest BCUT2D eigenvalue weighted by Gasteiger charge is 2.06. The van der Waals surface area contributed by atoms with E-state index in [2.05, 4.69) is 22.6 Å². The molecule has 1 N–H and O–H groups in total. The zero-order valence-electron chi connectivity index (χ0n) is 9.77. The molecule has 0 aliphatic carbocycles. The fourth-order valence-corrected chi connectivity index (χ4v) is 3.44. The molecule has 2 rings (SSSR count). The molecule has 0 saturated heterocycles. The highest BCUT2D eigenvalue weighted by molar-refractivity contribution is 14.1. The van der Waals surface area contributed by atoms with Gasteiger partial charge in [0.15, 0.2) is 0 Å². The van der Waals surface area contributed by atoms with Crippen LogP contribution in [0.25, 0.3) is 0 Å². The minimum atomic E-state index is -0.809. The van der Waals surface area contributed by atoms with Crippen LogP contribution in [-0.2, 0) is 11.2 Å². The van der Waals surface area contributed by atoms with Crippen LogP contribution in [0, 0.1) is 3.57 Å². The summed E-state index contributed by atoms with van der Waals surface area (Å²) in [6, 6.07) is 13.4. The third-order valence-electron chi connectivity index (χ3n) is 2.42. The fourth-order valence-electron chi connectivity index (χ4n) is 1.54. The Bertz CT molecular complexity index is 599. The molecule has 0 heterocycles. The lowest BCUT2D eigenvalue weighted by Crippen LogP contribution is -2.01. The number of carbonyl (C=O) groups is 1. The topological polar surface area (TPSA) is 37.3 Å². The van der Waals surface area contributed by atoms with E-state index < -0.39 is 5.97 Å². The van der Waals surface area contributed by atoms with Crippen LogP contribution in [0.2, 0.25) is 5.02 Å². The van der Waals surface area contributed by atoms with Gasteiger partial charge in [0, 0.05) is 18.4 Å². The Labute approximate surface area is 134 Å². The highest BCUT2D eigenvalue weighted by Crippen LogP contribution is 2.30. The minimum absolute atomic E-state index is 0.0597. The fraction of sp³-hybridized carbons (Fsp3) is 0.0714. The third-order valence-corrected chi connectivity index (χ3v) is 4.67. The molecule has 0 bridgehead atoms. The van der Waals surface area contributed by atoms with Crippen LogP contribution < -0.4 is 0 Å². The van der Waals surface area contributed by atoms with Crippen molar-refractivity contribution in [3.8, 4) is 0 Å². The van der Waals surface area contributed by atoms with E-state index in [1.54, 1.807) is 11.8 Å². The Morgan fingerprint density at radius 1 is 1.16 bits per heavy atom. The smallest absolute Gasteiger partial charge is 0.307 e. The molecule has 0 spiro atoms. The van der Waals surface area contributed by atoms with E-state index in [-0.39, 0.29) is 6.42 Å². The lowest BCUT2D eigenvalue weighted by molar-refractivity contribution is -0.136. The van der Waals surface area contributed by atoms with Crippen LogP contribution in [0.15, 0.2) is 52.3 Å². The van der Waals surface area contributed by atoms with Gasteiger partial charge in [-0.05, 0) is 64.6 Å². The Hall–Kier alpha value is -0.720. The molecule has 0 saturated carbocycles. The van der Waals surface area contributed by atoms with Crippen LogP contribution >= 0.6 is 46.0 Å². The van der Waals surface area contributed by atoms with Gasteiger partial charge in [0.05, 0.1) is 6.42 Å². The van der Waals surface area contributed by atoms with Gasteiger partial charge in [-0.15, -0.1) is 0 Å². The van der Waals surface area contributed by atoms with Crippen molar-refractivity contribution >= 4 is 51.9 Å². The first-order valence-corrected chi connectivity index (χ1v) is 7.75. The van der Waals surface area contributed by atoms with Crippen LogP contribution in [0.4, 0.5) is 0 Å². The standard InChI is InChI=1S/C14H10ClIO2S/c15-10-2-5-11(6-3-10)19-12-4-1-9(7-14(17)18)13(16)8-12/h1-6,8H,7H2,(H,17,18). The lowest BCUT2D eigenvalue weighted by atomic mass is 10.2. The number of rotatable bonds is 4. The van der Waals surface area contributed by atoms with Gasteiger partial charge >= 0.3 is 5.97 Å². The second-order valence-electron chi connectivity index (χ2n) is 3.88. The minimum Gasteiger partial charge on any atom is -0.481 e. The molecule has 0 aromatic heterocycles. The van der Waals surface area contributed by atoms with Crippen molar-refractivity contribution in [2.75, 3.05) is 0 Å². The summed E-state index contributed by atoms with van der Waals surface area (Å²) in [4.78, 5) is 12.9. The first kappa shape index (κ1) is 14.7. The van der Waals surface area contributed by atoms with Crippen molar-refractivity contribution in [3.63, 3.8) is 0 Å². The molecule has 0 aliphatic rings. The molecule has 0 atom stereocenters. The molecule has 2 aromatic rings. The summed E-state index contributed by atoms with van der Waals surface area (Å²) in [7, 11) is 0. The highest BCUT2D eigenvalue weighted by atomic mass is 127. The van der Waals surface area contributed by atoms with Crippen molar-refractivity contribution in [1.82, 2.24) is 0 Å². The summed E-state index contributed by atoms with van der Waals surface area (Å²) in [5, 5.41) is 9.52. The Morgan fingerprint density at radius 2 is 1.79 bits per heavy atom. The van der Waals surface area contributed by atoms with E-state index in [1.165, 1.54) is 0 Å². The zero-order valence-corrected chi connectivity index (χ0v) is 13.5. The van der Waals surface area contributed by atoms with Gasteiger partial charge in [-0.25, -0.2) is 0 Å². The molecule has 98 valence electrons. The van der Waals surface area contributed by atoms with E-state index >= 15 is 0 Å². The average molecular weight is 405 g/mol. The number of halogens is 2. The van der Waals surface area contributed by atoms with E-state index in [0.717, 1.165) is 23.9 Å². The largest absolute Gasteiger partial charge is 0.481 e. The van der Waals surface area contributed by atoms with Gasteiger partial charge in [-0.2, -0.15) is 0 Å². The average Bonchev–Trinajstić information content (AvgIpc) is 2.35. The Kier molecular flexibility index (Phi) is 5.13. The molecular weight excluding hydrogens is 395 g/mol. The second kappa shape index (κ2) is 6.63. The SMILES string of the molecule is O=C(O)Cc1ccc(Sc2ccc(Cl)cc2)cc1I. The molecule has 0 aliphatic heterocycles. The quantitative estimate of drug-likeness (QED) is 0.749. The summed E-state index contributed by atoms with van der Waals surface area (Å²) in [6.07, 6.45) is 0.0597. The molecular formula is C14H10ClIO2S.